The van der Waals surface area contributed by atoms with Gasteiger partial charge in [0.1, 0.15) is 0 Å². The van der Waals surface area contributed by atoms with E-state index in [0.29, 0.717) is 0 Å². The number of hydrogen-bond acceptors (Lipinski definition) is 2. The first kappa shape index (κ1) is 9.49. The van der Waals surface area contributed by atoms with Crippen LogP contribution in [0.5, 0.6) is 0 Å². The van der Waals surface area contributed by atoms with E-state index in [1.54, 1.807) is 0 Å². The molecule has 0 saturated heterocycles. The molecule has 0 saturated carbocycles. The van der Waals surface area contributed by atoms with E-state index in [9.17, 15) is 0 Å². The first-order chi connectivity index (χ1) is 5.61. The van der Waals surface area contributed by atoms with Crippen molar-refractivity contribution >= 4 is 34.9 Å². The Morgan fingerprint density at radius 3 is 1.67 bits per heavy atom. The van der Waals surface area contributed by atoms with Gasteiger partial charge in [-0.15, -0.1) is 0 Å². The Bertz CT molecular complexity index is 217. The van der Waals surface area contributed by atoms with E-state index in [4.69, 9.17) is 23.6 Å². The molecule has 0 aromatic heterocycles. The first-order valence-electron chi connectivity index (χ1n) is 3.50. The molecule has 2 nitrogen and oxygen atoms in total. The van der Waals surface area contributed by atoms with Crippen molar-refractivity contribution in [2.45, 2.75) is 0 Å². The van der Waals surface area contributed by atoms with Crippen LogP contribution in [0.1, 0.15) is 0 Å². The molecule has 0 atom stereocenters. The second-order valence-electron chi connectivity index (χ2n) is 2.64. The topological polar surface area (TPSA) is 6.48 Å². The van der Waals surface area contributed by atoms with Crippen molar-refractivity contribution in [3.63, 3.8) is 0 Å². The minimum atomic E-state index is 0.768. The van der Waals surface area contributed by atoms with Gasteiger partial charge in [-0.1, -0.05) is 0 Å². The Balaban J connectivity index is 2.86. The summed E-state index contributed by atoms with van der Waals surface area (Å²) in [7, 11) is 3.96. The fraction of sp³-hybridized carbons (Fsp3) is 0.250. The molecule has 0 heterocycles. The molecule has 0 bridgehead atoms. The van der Waals surface area contributed by atoms with Gasteiger partial charge in [-0.25, -0.2) is 0 Å². The van der Waals surface area contributed by atoms with Crippen molar-refractivity contribution in [2.24, 2.45) is 0 Å². The Labute approximate surface area is 82.5 Å². The van der Waals surface area contributed by atoms with E-state index >= 15 is 0 Å². The van der Waals surface area contributed by atoms with Crippen LogP contribution in [0.15, 0.2) is 24.3 Å². The van der Waals surface area contributed by atoms with Gasteiger partial charge in [0.25, 0.3) is 0 Å². The Kier molecular flexibility index (Phi) is 3.06. The average Bonchev–Trinajstić information content (AvgIpc) is 2.04. The maximum Gasteiger partial charge on any atom is 0.0711 e. The second-order valence-corrected chi connectivity index (χ2v) is 3.49. The Hall–Kier alpha value is -0.600. The second kappa shape index (κ2) is 3.87. The zero-order chi connectivity index (χ0) is 9.14. The fourth-order valence-electron chi connectivity index (χ4n) is 0.863. The monoisotopic (exact) mass is 204 g/mol. The maximum atomic E-state index is 5.52. The van der Waals surface area contributed by atoms with E-state index in [-0.39, 0.29) is 0 Å². The number of halogens is 2. The van der Waals surface area contributed by atoms with E-state index in [1.807, 2.05) is 43.3 Å². The van der Waals surface area contributed by atoms with Crippen molar-refractivity contribution in [1.29, 1.82) is 0 Å². The van der Waals surface area contributed by atoms with Crippen molar-refractivity contribution in [3.05, 3.63) is 24.3 Å². The van der Waals surface area contributed by atoms with Crippen LogP contribution in [-0.2, 0) is 0 Å². The molecule has 12 heavy (non-hydrogen) atoms. The lowest BCUT2D eigenvalue weighted by molar-refractivity contribution is 1.13. The molecule has 0 aliphatic heterocycles. The molecule has 0 aliphatic carbocycles. The lowest BCUT2D eigenvalue weighted by Gasteiger charge is -2.13. The summed E-state index contributed by atoms with van der Waals surface area (Å²) < 4.78 is 1.04. The van der Waals surface area contributed by atoms with Gasteiger partial charge in [0, 0.05) is 43.3 Å². The van der Waals surface area contributed by atoms with Gasteiger partial charge in [0.2, 0.25) is 0 Å². The van der Waals surface area contributed by atoms with Gasteiger partial charge in [-0.3, -0.25) is 0 Å². The van der Waals surface area contributed by atoms with E-state index in [0.717, 1.165) is 15.3 Å². The highest BCUT2D eigenvalue weighted by Crippen LogP contribution is 2.21. The zero-order valence-electron chi connectivity index (χ0n) is 6.96. The number of hydrogen-bond donors (Lipinski definition) is 0. The van der Waals surface area contributed by atoms with Crippen molar-refractivity contribution in [3.8, 4) is 0 Å². The SMILES string of the molecule is CN(C)c1ccc(N(Cl)Cl)cc1. The maximum absolute atomic E-state index is 5.52. The highest BCUT2D eigenvalue weighted by atomic mass is 35.5. The highest BCUT2D eigenvalue weighted by Gasteiger charge is 1.99. The largest absolute Gasteiger partial charge is 0.378 e. The average molecular weight is 205 g/mol. The highest BCUT2D eigenvalue weighted by molar-refractivity contribution is 6.49. The van der Waals surface area contributed by atoms with Crippen LogP contribution in [0.25, 0.3) is 0 Å². The van der Waals surface area contributed by atoms with Crippen LogP contribution < -0.4 is 8.84 Å². The summed E-state index contributed by atoms with van der Waals surface area (Å²) in [6, 6.07) is 7.62. The first-order valence-corrected chi connectivity index (χ1v) is 4.18. The van der Waals surface area contributed by atoms with Gasteiger partial charge in [-0.2, -0.15) is 3.94 Å². The molecule has 0 amide bonds. The molecule has 66 valence electrons. The van der Waals surface area contributed by atoms with Crippen LogP contribution in [0.4, 0.5) is 11.4 Å². The van der Waals surface area contributed by atoms with Crippen LogP contribution in [0.2, 0.25) is 0 Å². The standard InChI is InChI=1S/C8H10Cl2N2/c1-11(2)7-3-5-8(6-4-7)12(9)10/h3-6H,1-2H3. The molecular formula is C8H10Cl2N2. The van der Waals surface area contributed by atoms with Crippen LogP contribution in [-0.4, -0.2) is 14.1 Å². The fourth-order valence-corrected chi connectivity index (χ4v) is 1.09. The number of anilines is 2. The summed E-state index contributed by atoms with van der Waals surface area (Å²) in [5.41, 5.74) is 1.89. The lowest BCUT2D eigenvalue weighted by Crippen LogP contribution is -2.08. The molecular weight excluding hydrogens is 195 g/mol. The van der Waals surface area contributed by atoms with E-state index in [2.05, 4.69) is 0 Å². The third kappa shape index (κ3) is 2.19. The molecule has 0 spiro atoms. The molecule has 0 fully saturated rings. The molecule has 0 aliphatic rings. The summed E-state index contributed by atoms with van der Waals surface area (Å²) in [6.45, 7) is 0. The van der Waals surface area contributed by atoms with Crippen molar-refractivity contribution in [2.75, 3.05) is 22.9 Å². The normalized spacial score (nSPS) is 9.67. The number of benzene rings is 1. The Morgan fingerprint density at radius 2 is 1.33 bits per heavy atom. The smallest absolute Gasteiger partial charge is 0.0711 e. The molecule has 1 aromatic rings. The number of nitrogens with zero attached hydrogens (tertiary/aromatic N) is 2. The van der Waals surface area contributed by atoms with Crippen LogP contribution in [0.3, 0.4) is 0 Å². The van der Waals surface area contributed by atoms with Crippen molar-refractivity contribution in [1.82, 2.24) is 0 Å². The van der Waals surface area contributed by atoms with Gasteiger partial charge in [-0.05, 0) is 24.3 Å². The molecule has 0 radical (unpaired) electrons. The zero-order valence-corrected chi connectivity index (χ0v) is 8.47. The van der Waals surface area contributed by atoms with E-state index < -0.39 is 0 Å². The predicted molar refractivity (Wildman–Crippen MR) is 55.0 cm³/mol. The summed E-state index contributed by atoms with van der Waals surface area (Å²) in [4.78, 5) is 2.01. The van der Waals surface area contributed by atoms with Crippen LogP contribution in [0, 0.1) is 0 Å². The molecule has 1 aromatic carbocycles. The molecule has 1 rings (SSSR count). The van der Waals surface area contributed by atoms with Gasteiger partial charge >= 0.3 is 0 Å². The van der Waals surface area contributed by atoms with Gasteiger partial charge < -0.3 is 4.90 Å². The summed E-state index contributed by atoms with van der Waals surface area (Å²) >= 11 is 11.0. The summed E-state index contributed by atoms with van der Waals surface area (Å²) in [5, 5.41) is 0. The minimum absolute atomic E-state index is 0.768. The third-order valence-corrected chi connectivity index (χ3v) is 1.95. The summed E-state index contributed by atoms with van der Waals surface area (Å²) in [6.07, 6.45) is 0. The van der Waals surface area contributed by atoms with Crippen LogP contribution >= 0.6 is 23.6 Å². The summed E-state index contributed by atoms with van der Waals surface area (Å²) in [5.74, 6) is 0. The lowest BCUT2D eigenvalue weighted by atomic mass is 10.3. The van der Waals surface area contributed by atoms with Gasteiger partial charge in [0.05, 0.1) is 5.69 Å². The molecule has 0 unspecified atom stereocenters. The molecule has 0 N–H and O–H groups in total. The Morgan fingerprint density at radius 1 is 0.917 bits per heavy atom. The predicted octanol–water partition coefficient (Wildman–Crippen LogP) is 2.87. The van der Waals surface area contributed by atoms with Gasteiger partial charge in [0.15, 0.2) is 0 Å². The van der Waals surface area contributed by atoms with Crippen molar-refractivity contribution < 1.29 is 0 Å². The molecule has 4 heteroatoms. The third-order valence-electron chi connectivity index (χ3n) is 1.56. The number of rotatable bonds is 2. The minimum Gasteiger partial charge on any atom is -0.378 e. The van der Waals surface area contributed by atoms with E-state index in [1.165, 1.54) is 0 Å². The quantitative estimate of drug-likeness (QED) is 0.685.